The van der Waals surface area contributed by atoms with Gasteiger partial charge in [0.25, 0.3) is 0 Å². The van der Waals surface area contributed by atoms with Crippen LogP contribution < -0.4 is 5.69 Å². The van der Waals surface area contributed by atoms with Gasteiger partial charge in [0.2, 0.25) is 0 Å². The summed E-state index contributed by atoms with van der Waals surface area (Å²) < 4.78 is 3.49. The number of rotatable bonds is 3. The monoisotopic (exact) mass is 194 g/mol. The Bertz CT molecular complexity index is 365. The van der Waals surface area contributed by atoms with Crippen molar-refractivity contribution in [2.45, 2.75) is 39.2 Å². The molecule has 0 spiro atoms. The quantitative estimate of drug-likeness (QED) is 0.720. The zero-order valence-corrected chi connectivity index (χ0v) is 8.99. The Hall–Kier alpha value is -0.990. The normalized spacial score (nSPS) is 19.3. The highest BCUT2D eigenvalue weighted by Crippen LogP contribution is 2.44. The summed E-state index contributed by atoms with van der Waals surface area (Å²) in [6.45, 7) is 3.14. The van der Waals surface area contributed by atoms with Crippen LogP contribution in [0.15, 0.2) is 17.2 Å². The number of imidazole rings is 1. The van der Waals surface area contributed by atoms with E-state index in [2.05, 4.69) is 6.92 Å². The molecule has 0 atom stereocenters. The molecule has 1 aliphatic carbocycles. The molecule has 0 amide bonds. The first-order valence-corrected chi connectivity index (χ1v) is 5.39. The fourth-order valence-corrected chi connectivity index (χ4v) is 2.29. The summed E-state index contributed by atoms with van der Waals surface area (Å²) in [5.74, 6) is 0. The average molecular weight is 194 g/mol. The van der Waals surface area contributed by atoms with Crippen LogP contribution in [0, 0.1) is 5.41 Å². The SMILES string of the molecule is CCC1(Cn2ccn(C)c2=O)CCC1. The van der Waals surface area contributed by atoms with Crippen molar-refractivity contribution in [2.24, 2.45) is 12.5 Å². The van der Waals surface area contributed by atoms with E-state index < -0.39 is 0 Å². The summed E-state index contributed by atoms with van der Waals surface area (Å²) in [4.78, 5) is 11.6. The molecule has 1 aromatic rings. The van der Waals surface area contributed by atoms with Gasteiger partial charge in [-0.15, -0.1) is 0 Å². The Kier molecular flexibility index (Phi) is 2.25. The van der Waals surface area contributed by atoms with Crippen LogP contribution in [0.3, 0.4) is 0 Å². The van der Waals surface area contributed by atoms with Gasteiger partial charge in [-0.2, -0.15) is 0 Å². The van der Waals surface area contributed by atoms with Crippen molar-refractivity contribution in [3.8, 4) is 0 Å². The Labute approximate surface area is 84.4 Å². The molecule has 0 radical (unpaired) electrons. The minimum atomic E-state index is 0.115. The van der Waals surface area contributed by atoms with Gasteiger partial charge in [0.05, 0.1) is 0 Å². The third-order valence-electron chi connectivity index (χ3n) is 3.69. The van der Waals surface area contributed by atoms with E-state index >= 15 is 0 Å². The van der Waals surface area contributed by atoms with Gasteiger partial charge in [0.15, 0.2) is 0 Å². The lowest BCUT2D eigenvalue weighted by molar-refractivity contribution is 0.0987. The van der Waals surface area contributed by atoms with E-state index in [1.165, 1.54) is 25.7 Å². The molecule has 2 rings (SSSR count). The second-order valence-electron chi connectivity index (χ2n) is 4.53. The van der Waals surface area contributed by atoms with E-state index in [-0.39, 0.29) is 5.69 Å². The maximum atomic E-state index is 11.6. The molecule has 0 aromatic carbocycles. The molecule has 0 N–H and O–H groups in total. The van der Waals surface area contributed by atoms with E-state index in [4.69, 9.17) is 0 Å². The molecule has 3 heteroatoms. The van der Waals surface area contributed by atoms with Gasteiger partial charge in [0.1, 0.15) is 0 Å². The molecule has 1 aliphatic rings. The van der Waals surface area contributed by atoms with Crippen LogP contribution in [0.25, 0.3) is 0 Å². The minimum absolute atomic E-state index is 0.115. The van der Waals surface area contributed by atoms with Crippen molar-refractivity contribution in [2.75, 3.05) is 0 Å². The van der Waals surface area contributed by atoms with E-state index in [0.29, 0.717) is 5.41 Å². The molecule has 1 heterocycles. The molecule has 14 heavy (non-hydrogen) atoms. The van der Waals surface area contributed by atoms with Crippen molar-refractivity contribution < 1.29 is 0 Å². The van der Waals surface area contributed by atoms with Crippen molar-refractivity contribution in [1.29, 1.82) is 0 Å². The lowest BCUT2D eigenvalue weighted by atomic mass is 9.67. The van der Waals surface area contributed by atoms with Crippen LogP contribution in [0.2, 0.25) is 0 Å². The summed E-state index contributed by atoms with van der Waals surface area (Å²) in [6, 6.07) is 0. The average Bonchev–Trinajstić information content (AvgIpc) is 2.42. The number of hydrogen-bond donors (Lipinski definition) is 0. The Morgan fingerprint density at radius 3 is 2.50 bits per heavy atom. The summed E-state index contributed by atoms with van der Waals surface area (Å²) >= 11 is 0. The van der Waals surface area contributed by atoms with Crippen LogP contribution in [0.1, 0.15) is 32.6 Å². The fraction of sp³-hybridized carbons (Fsp3) is 0.727. The molecule has 0 bridgehead atoms. The smallest absolute Gasteiger partial charge is 0.302 e. The third-order valence-corrected chi connectivity index (χ3v) is 3.69. The van der Waals surface area contributed by atoms with E-state index in [9.17, 15) is 4.79 Å². The Morgan fingerprint density at radius 2 is 2.14 bits per heavy atom. The van der Waals surface area contributed by atoms with E-state index in [1.54, 1.807) is 11.6 Å². The Balaban J connectivity index is 2.18. The molecule has 1 saturated carbocycles. The van der Waals surface area contributed by atoms with Crippen molar-refractivity contribution in [3.63, 3.8) is 0 Å². The summed E-state index contributed by atoms with van der Waals surface area (Å²) in [6.07, 6.45) is 8.82. The first kappa shape index (κ1) is 9.56. The van der Waals surface area contributed by atoms with E-state index in [1.807, 2.05) is 17.0 Å². The predicted octanol–water partition coefficient (Wildman–Crippen LogP) is 1.77. The molecular formula is C11H18N2O. The zero-order chi connectivity index (χ0) is 10.2. The first-order chi connectivity index (χ1) is 6.67. The van der Waals surface area contributed by atoms with Crippen LogP contribution in [-0.2, 0) is 13.6 Å². The predicted molar refractivity (Wildman–Crippen MR) is 56.2 cm³/mol. The van der Waals surface area contributed by atoms with E-state index in [0.717, 1.165) is 6.54 Å². The molecular weight excluding hydrogens is 176 g/mol. The van der Waals surface area contributed by atoms with Gasteiger partial charge in [0, 0.05) is 26.0 Å². The van der Waals surface area contributed by atoms with Gasteiger partial charge < -0.3 is 4.57 Å². The topological polar surface area (TPSA) is 26.9 Å². The van der Waals surface area contributed by atoms with Gasteiger partial charge in [-0.1, -0.05) is 13.3 Å². The van der Waals surface area contributed by atoms with Crippen LogP contribution in [0.4, 0.5) is 0 Å². The van der Waals surface area contributed by atoms with Crippen molar-refractivity contribution >= 4 is 0 Å². The van der Waals surface area contributed by atoms with Gasteiger partial charge in [-0.25, -0.2) is 4.79 Å². The molecule has 1 fully saturated rings. The van der Waals surface area contributed by atoms with Crippen LogP contribution in [0.5, 0.6) is 0 Å². The summed E-state index contributed by atoms with van der Waals surface area (Å²) in [5, 5.41) is 0. The molecule has 0 unspecified atom stereocenters. The lowest BCUT2D eigenvalue weighted by Gasteiger charge is -2.41. The summed E-state index contributed by atoms with van der Waals surface area (Å²) in [5.41, 5.74) is 0.537. The maximum absolute atomic E-state index is 11.6. The molecule has 0 aliphatic heterocycles. The second kappa shape index (κ2) is 3.30. The number of aromatic nitrogens is 2. The summed E-state index contributed by atoms with van der Waals surface area (Å²) in [7, 11) is 1.80. The largest absolute Gasteiger partial charge is 0.327 e. The van der Waals surface area contributed by atoms with Gasteiger partial charge in [-0.3, -0.25) is 4.57 Å². The lowest BCUT2D eigenvalue weighted by Crippen LogP contribution is -2.37. The Morgan fingerprint density at radius 1 is 1.43 bits per heavy atom. The van der Waals surface area contributed by atoms with Crippen LogP contribution in [-0.4, -0.2) is 9.13 Å². The van der Waals surface area contributed by atoms with Gasteiger partial charge >= 0.3 is 5.69 Å². The highest BCUT2D eigenvalue weighted by atomic mass is 16.1. The molecule has 1 aromatic heterocycles. The van der Waals surface area contributed by atoms with Gasteiger partial charge in [-0.05, 0) is 24.7 Å². The number of hydrogen-bond acceptors (Lipinski definition) is 1. The highest BCUT2D eigenvalue weighted by molar-refractivity contribution is 4.90. The number of nitrogens with zero attached hydrogens (tertiary/aromatic N) is 2. The fourth-order valence-electron chi connectivity index (χ4n) is 2.29. The maximum Gasteiger partial charge on any atom is 0.327 e. The van der Waals surface area contributed by atoms with Crippen molar-refractivity contribution in [3.05, 3.63) is 22.9 Å². The second-order valence-corrected chi connectivity index (χ2v) is 4.53. The molecule has 3 nitrogen and oxygen atoms in total. The van der Waals surface area contributed by atoms with Crippen LogP contribution >= 0.6 is 0 Å². The molecule has 78 valence electrons. The third kappa shape index (κ3) is 1.41. The number of aryl methyl sites for hydroxylation is 1. The molecule has 0 saturated heterocycles. The standard InChI is InChI=1S/C11H18N2O/c1-3-11(5-4-6-11)9-13-8-7-12(2)10(13)14/h7-8H,3-6,9H2,1-2H3. The van der Waals surface area contributed by atoms with Crippen molar-refractivity contribution in [1.82, 2.24) is 9.13 Å². The highest BCUT2D eigenvalue weighted by Gasteiger charge is 2.35. The minimum Gasteiger partial charge on any atom is -0.302 e. The zero-order valence-electron chi connectivity index (χ0n) is 8.99. The first-order valence-electron chi connectivity index (χ1n) is 5.39.